The summed E-state index contributed by atoms with van der Waals surface area (Å²) in [6, 6.07) is 45.8. The van der Waals surface area contributed by atoms with E-state index >= 15 is 0 Å². The number of thioether (sulfide) groups is 2. The molecule has 24 nitrogen and oxygen atoms in total. The van der Waals surface area contributed by atoms with E-state index in [0.29, 0.717) is 37.2 Å². The Morgan fingerprint density at radius 3 is 0.946 bits per heavy atom. The Bertz CT molecular complexity index is 3730. The first-order valence-electron chi connectivity index (χ1n) is 36.4. The largest absolute Gasteiger partial charge is 0.481 e. The second kappa shape index (κ2) is 45.1. The zero-order valence-corrected chi connectivity index (χ0v) is 64.0. The van der Waals surface area contributed by atoms with Crippen molar-refractivity contribution in [3.8, 4) is 33.4 Å². The molecule has 0 fully saturated rings. The number of nitrogens with one attached hydrogen (secondary N) is 3. The summed E-state index contributed by atoms with van der Waals surface area (Å²) in [6.07, 6.45) is 3.48. The Labute approximate surface area is 653 Å². The lowest BCUT2D eigenvalue weighted by atomic mass is 9.96. The molecule has 0 saturated carbocycles. The highest BCUT2D eigenvalue weighted by Gasteiger charge is 2.35. The van der Waals surface area contributed by atoms with E-state index in [2.05, 4.69) is 35.7 Å². The van der Waals surface area contributed by atoms with Crippen molar-refractivity contribution in [1.29, 1.82) is 0 Å². The molecular formula is C85H95N3O21S2. The monoisotopic (exact) mass is 1560 g/mol. The second-order valence-corrected chi connectivity index (χ2v) is 28.8. The third-order valence-corrected chi connectivity index (χ3v) is 21.1. The summed E-state index contributed by atoms with van der Waals surface area (Å²) in [7, 11) is 0. The number of carbonyl (C=O) groups is 12. The van der Waals surface area contributed by atoms with Crippen molar-refractivity contribution in [3.05, 3.63) is 217 Å². The summed E-state index contributed by atoms with van der Waals surface area (Å²) in [4.78, 5) is 144. The van der Waals surface area contributed by atoms with Crippen molar-refractivity contribution in [2.45, 2.75) is 114 Å². The Kier molecular flexibility index (Phi) is 35.4. The Morgan fingerprint density at radius 1 is 0.360 bits per heavy atom. The van der Waals surface area contributed by atoms with Crippen LogP contribution in [0.5, 0.6) is 0 Å². The predicted molar refractivity (Wildman–Crippen MR) is 421 cm³/mol. The van der Waals surface area contributed by atoms with Gasteiger partial charge < -0.3 is 59.7 Å². The van der Waals surface area contributed by atoms with Crippen LogP contribution >= 0.6 is 23.5 Å². The van der Waals surface area contributed by atoms with Crippen LogP contribution < -0.4 is 16.0 Å². The number of aliphatic carboxylic acids is 3. The van der Waals surface area contributed by atoms with Crippen molar-refractivity contribution in [2.75, 3.05) is 62.7 Å². The van der Waals surface area contributed by atoms with Crippen LogP contribution in [0.3, 0.4) is 0 Å². The van der Waals surface area contributed by atoms with E-state index in [-0.39, 0.29) is 118 Å². The van der Waals surface area contributed by atoms with E-state index in [1.165, 1.54) is 62.5 Å². The van der Waals surface area contributed by atoms with Crippen molar-refractivity contribution in [1.82, 2.24) is 16.0 Å². The summed E-state index contributed by atoms with van der Waals surface area (Å²) in [6.45, 7) is 15.0. The number of carboxylic acids is 3. The molecular weight excluding hydrogens is 1460 g/mol. The number of Topliss-reactive ketones (excluding diaryl/α,β-unsaturated/α-hetero) is 3. The van der Waals surface area contributed by atoms with Gasteiger partial charge in [0.2, 0.25) is 0 Å². The van der Waals surface area contributed by atoms with Crippen molar-refractivity contribution < 1.29 is 101 Å². The topological polar surface area (TPSA) is 357 Å². The standard InChI is InChI=1S/C29H33NO7.2C28H31NO7S/c1-3-16-36-29(35)30-26(19(2)31)15-9-4-10-20(28(33)34)17-27(32)37-18-25-23-13-7-5-11-21(23)22-12-6-8-14-24(22)25;1-3-13-35-28(34)29-25(18(2)30)12-14-37-17-19(27(32)33)15-26(31)36-16-24-22-10-6-4-8-20(22)21-9-5-7-11-23(21)24;1-3-13-35-28(34)29-25(18(2)30)17-37-14-12-19(27(32)33)15-26(31)36-16-24-22-10-6-4-8-20(22)21-9-5-7-11-23(21)24/h3,5-8,11-14,20,25-26H,1,4,9-10,15-18H2,2H3,(H,30,35)(H,33,34);2*3-11,19,24-25H,1,12-17H2,2H3,(H,29,34)(H,32,33). The fraction of sp³-hybridized carbons (Fsp3) is 0.365. The van der Waals surface area contributed by atoms with Gasteiger partial charge in [0, 0.05) is 29.3 Å². The van der Waals surface area contributed by atoms with E-state index in [1.807, 2.05) is 146 Å². The van der Waals surface area contributed by atoms with Crippen LogP contribution in [0.25, 0.3) is 33.4 Å². The molecule has 3 aliphatic carbocycles. The molecule has 588 valence electrons. The average Bonchev–Trinajstić information content (AvgIpc) is 1.63. The Morgan fingerprint density at radius 2 is 0.631 bits per heavy atom. The first kappa shape index (κ1) is 87.1. The lowest BCUT2D eigenvalue weighted by Gasteiger charge is -2.17. The van der Waals surface area contributed by atoms with Crippen LogP contribution in [0, 0.1) is 17.8 Å². The molecule has 0 aliphatic heterocycles. The highest BCUT2D eigenvalue weighted by atomic mass is 32.2. The van der Waals surface area contributed by atoms with Gasteiger partial charge in [-0.25, -0.2) is 14.4 Å². The maximum absolute atomic E-state index is 12.6. The molecule has 0 heterocycles. The van der Waals surface area contributed by atoms with E-state index in [1.54, 1.807) is 0 Å². The number of hydrogen-bond acceptors (Lipinski definition) is 20. The summed E-state index contributed by atoms with van der Waals surface area (Å²) in [5.74, 6) is -7.38. The van der Waals surface area contributed by atoms with E-state index in [4.69, 9.17) is 28.4 Å². The third-order valence-electron chi connectivity index (χ3n) is 18.8. The molecule has 6 unspecified atom stereocenters. The number of alkyl carbamates (subject to hydrolysis) is 3. The number of rotatable bonds is 42. The molecule has 26 heteroatoms. The molecule has 6 atom stereocenters. The van der Waals surface area contributed by atoms with Gasteiger partial charge in [-0.15, -0.1) is 0 Å². The maximum atomic E-state index is 12.6. The number of esters is 3. The van der Waals surface area contributed by atoms with Gasteiger partial charge >= 0.3 is 54.1 Å². The summed E-state index contributed by atoms with van der Waals surface area (Å²) in [5, 5.41) is 36.3. The fourth-order valence-electron chi connectivity index (χ4n) is 13.0. The van der Waals surface area contributed by atoms with Gasteiger partial charge in [-0.1, -0.05) is 196 Å². The SMILES string of the molecule is C=CCOC(=O)NC(CCCCC(CC(=O)OCC1c2ccccc2-c2ccccc21)C(=O)O)C(C)=O.C=CCOC(=O)NC(CCSCC(CC(=O)OCC1c2ccccc2-c2ccccc21)C(=O)O)C(C)=O.C=CCOC(=O)NC(CSCCC(CC(=O)OCC1c2ccccc2-c2ccccc21)C(=O)O)C(C)=O. The van der Waals surface area contributed by atoms with E-state index < -0.39 is 90.0 Å². The first-order chi connectivity index (χ1) is 53.4. The van der Waals surface area contributed by atoms with Crippen LogP contribution in [0.15, 0.2) is 184 Å². The zero-order valence-electron chi connectivity index (χ0n) is 62.3. The second-order valence-electron chi connectivity index (χ2n) is 26.5. The molecule has 0 radical (unpaired) electrons. The van der Waals surface area contributed by atoms with Gasteiger partial charge in [-0.05, 0) is 125 Å². The van der Waals surface area contributed by atoms with Crippen molar-refractivity contribution in [2.24, 2.45) is 17.8 Å². The molecule has 0 bridgehead atoms. The Hall–Kier alpha value is -11.1. The number of ether oxygens (including phenoxy) is 6. The van der Waals surface area contributed by atoms with Crippen LogP contribution in [0.2, 0.25) is 0 Å². The maximum Gasteiger partial charge on any atom is 0.408 e. The molecule has 0 spiro atoms. The Balaban J connectivity index is 0.000000231. The van der Waals surface area contributed by atoms with E-state index in [0.717, 1.165) is 66.8 Å². The zero-order chi connectivity index (χ0) is 80.4. The summed E-state index contributed by atoms with van der Waals surface area (Å²) < 4.78 is 31.2. The average molecular weight is 1560 g/mol. The summed E-state index contributed by atoms with van der Waals surface area (Å²) in [5.41, 5.74) is 13.2. The number of amides is 3. The molecule has 3 amide bonds. The van der Waals surface area contributed by atoms with Gasteiger partial charge in [0.05, 0.1) is 55.1 Å². The van der Waals surface area contributed by atoms with Crippen molar-refractivity contribution in [3.63, 3.8) is 0 Å². The van der Waals surface area contributed by atoms with Gasteiger partial charge in [0.15, 0.2) is 17.3 Å². The highest BCUT2D eigenvalue weighted by molar-refractivity contribution is 7.99. The van der Waals surface area contributed by atoms with Crippen molar-refractivity contribution >= 4 is 95.0 Å². The molecule has 0 aromatic heterocycles. The lowest BCUT2D eigenvalue weighted by Crippen LogP contribution is -2.42. The minimum atomic E-state index is -1.09. The van der Waals surface area contributed by atoms with Crippen LogP contribution in [0.4, 0.5) is 14.4 Å². The minimum Gasteiger partial charge on any atom is -0.481 e. The number of fused-ring (bicyclic) bond motifs is 9. The van der Waals surface area contributed by atoms with Crippen LogP contribution in [-0.2, 0) is 71.6 Å². The number of carbonyl (C=O) groups excluding carboxylic acids is 9. The smallest absolute Gasteiger partial charge is 0.408 e. The van der Waals surface area contributed by atoms with Gasteiger partial charge in [0.1, 0.15) is 39.6 Å². The van der Waals surface area contributed by atoms with Gasteiger partial charge in [-0.3, -0.25) is 43.2 Å². The van der Waals surface area contributed by atoms with Gasteiger partial charge in [0.25, 0.3) is 0 Å². The van der Waals surface area contributed by atoms with Crippen LogP contribution in [-0.4, -0.2) is 168 Å². The molecule has 9 rings (SSSR count). The normalized spacial score (nSPS) is 13.5. The number of benzene rings is 6. The third kappa shape index (κ3) is 26.6. The van der Waals surface area contributed by atoms with E-state index in [9.17, 15) is 72.9 Å². The summed E-state index contributed by atoms with van der Waals surface area (Å²) >= 11 is 2.62. The molecule has 0 saturated heterocycles. The first-order valence-corrected chi connectivity index (χ1v) is 38.7. The van der Waals surface area contributed by atoms with Gasteiger partial charge in [-0.2, -0.15) is 23.5 Å². The quantitative estimate of drug-likeness (QED) is 0.00897. The number of carboxylic acid groups (broad SMARTS) is 3. The molecule has 6 aromatic rings. The minimum absolute atomic E-state index is 0.0275. The fourth-order valence-corrected chi connectivity index (χ4v) is 15.3. The van der Waals surface area contributed by atoms with Crippen LogP contribution in [0.1, 0.15) is 130 Å². The number of ketones is 3. The number of hydrogen-bond donors (Lipinski definition) is 6. The lowest BCUT2D eigenvalue weighted by molar-refractivity contribution is -0.152. The predicted octanol–water partition coefficient (Wildman–Crippen LogP) is 13.7. The highest BCUT2D eigenvalue weighted by Crippen LogP contribution is 2.47. The number of unbranched alkanes of at least 4 members (excludes halogenated alkanes) is 1. The molecule has 3 aliphatic rings. The molecule has 6 aromatic carbocycles. The molecule has 111 heavy (non-hydrogen) atoms. The molecule has 6 N–H and O–H groups in total.